The van der Waals surface area contributed by atoms with Gasteiger partial charge in [0.1, 0.15) is 0 Å². The van der Waals surface area contributed by atoms with Crippen molar-refractivity contribution >= 4 is 21.6 Å². The minimum absolute atomic E-state index is 0.0364. The van der Waals surface area contributed by atoms with Gasteiger partial charge in [0.15, 0.2) is 0 Å². The maximum absolute atomic E-state index is 12.1. The molecular formula is C13H19N3O3S. The number of nitrogen functional groups attached to an aromatic ring is 1. The first-order chi connectivity index (χ1) is 9.42. The van der Waals surface area contributed by atoms with Crippen molar-refractivity contribution < 1.29 is 13.2 Å². The van der Waals surface area contributed by atoms with Crippen LogP contribution in [0.25, 0.3) is 0 Å². The van der Waals surface area contributed by atoms with Crippen LogP contribution >= 0.6 is 0 Å². The number of carbonyl (C=O) groups excluding carboxylic acids is 1. The number of anilines is 1. The lowest BCUT2D eigenvalue weighted by molar-refractivity contribution is -0.119. The quantitative estimate of drug-likeness (QED) is 0.684. The van der Waals surface area contributed by atoms with Crippen LogP contribution in [0.5, 0.6) is 0 Å². The highest BCUT2D eigenvalue weighted by molar-refractivity contribution is 7.89. The highest BCUT2D eigenvalue weighted by atomic mass is 32.2. The number of rotatable bonds is 5. The van der Waals surface area contributed by atoms with E-state index in [1.165, 1.54) is 6.07 Å². The van der Waals surface area contributed by atoms with E-state index < -0.39 is 10.0 Å². The fourth-order valence-corrected chi connectivity index (χ4v) is 3.30. The van der Waals surface area contributed by atoms with E-state index in [1.807, 2.05) is 6.92 Å². The van der Waals surface area contributed by atoms with Crippen molar-refractivity contribution in [3.8, 4) is 0 Å². The molecule has 1 atom stereocenters. The second-order valence-corrected chi connectivity index (χ2v) is 6.64. The highest BCUT2D eigenvalue weighted by Gasteiger charge is 2.23. The molecule has 0 aromatic heterocycles. The molecule has 1 heterocycles. The van der Waals surface area contributed by atoms with Crippen molar-refractivity contribution in [3.63, 3.8) is 0 Å². The average Bonchev–Trinajstić information content (AvgIpc) is 2.82. The molecule has 1 unspecified atom stereocenters. The zero-order chi connectivity index (χ0) is 14.8. The summed E-state index contributed by atoms with van der Waals surface area (Å²) < 4.78 is 26.8. The fraction of sp³-hybridized carbons (Fsp3) is 0.462. The summed E-state index contributed by atoms with van der Waals surface area (Å²) in [6.45, 7) is 2.16. The molecular weight excluding hydrogens is 278 g/mol. The van der Waals surface area contributed by atoms with E-state index in [2.05, 4.69) is 10.0 Å². The normalized spacial score (nSPS) is 19.1. The molecule has 0 spiro atoms. The van der Waals surface area contributed by atoms with Crippen molar-refractivity contribution in [1.29, 1.82) is 0 Å². The zero-order valence-corrected chi connectivity index (χ0v) is 12.2. The Balaban J connectivity index is 2.06. The van der Waals surface area contributed by atoms with Crippen molar-refractivity contribution in [2.24, 2.45) is 0 Å². The Bertz CT molecular complexity index is 613. The monoisotopic (exact) mass is 297 g/mol. The molecule has 1 amide bonds. The van der Waals surface area contributed by atoms with Crippen LogP contribution in [0.1, 0.15) is 25.3 Å². The van der Waals surface area contributed by atoms with Gasteiger partial charge in [0.05, 0.1) is 4.90 Å². The van der Waals surface area contributed by atoms with E-state index in [1.54, 1.807) is 12.1 Å². The van der Waals surface area contributed by atoms with Crippen LogP contribution < -0.4 is 15.8 Å². The SMILES string of the molecule is CCc1ccc(S(=O)(=O)NCC2CCC(=O)N2)cc1N. The van der Waals surface area contributed by atoms with Gasteiger partial charge in [0, 0.05) is 24.7 Å². The number of hydrogen-bond acceptors (Lipinski definition) is 4. The van der Waals surface area contributed by atoms with Crippen molar-refractivity contribution in [2.75, 3.05) is 12.3 Å². The van der Waals surface area contributed by atoms with Crippen LogP contribution in [0.4, 0.5) is 5.69 Å². The molecule has 20 heavy (non-hydrogen) atoms. The first kappa shape index (κ1) is 14.8. The minimum Gasteiger partial charge on any atom is -0.398 e. The van der Waals surface area contributed by atoms with Gasteiger partial charge in [0.25, 0.3) is 0 Å². The fourth-order valence-electron chi connectivity index (χ4n) is 2.19. The Hall–Kier alpha value is -1.60. The molecule has 110 valence electrons. The van der Waals surface area contributed by atoms with Gasteiger partial charge < -0.3 is 11.1 Å². The molecule has 1 fully saturated rings. The largest absolute Gasteiger partial charge is 0.398 e. The molecule has 1 aliphatic heterocycles. The van der Waals surface area contributed by atoms with Gasteiger partial charge in [-0.05, 0) is 30.5 Å². The van der Waals surface area contributed by atoms with Gasteiger partial charge >= 0.3 is 0 Å². The van der Waals surface area contributed by atoms with Gasteiger partial charge in [0.2, 0.25) is 15.9 Å². The van der Waals surface area contributed by atoms with Crippen molar-refractivity contribution in [1.82, 2.24) is 10.0 Å². The maximum Gasteiger partial charge on any atom is 0.240 e. The van der Waals surface area contributed by atoms with Crippen LogP contribution in [0.15, 0.2) is 23.1 Å². The first-order valence-corrected chi connectivity index (χ1v) is 8.08. The molecule has 1 aliphatic rings. The number of benzene rings is 1. The molecule has 0 radical (unpaired) electrons. The summed E-state index contributed by atoms with van der Waals surface area (Å²) in [5.74, 6) is -0.0364. The predicted molar refractivity (Wildman–Crippen MR) is 76.6 cm³/mol. The first-order valence-electron chi connectivity index (χ1n) is 6.60. The standard InChI is InChI=1S/C13H19N3O3S/c1-2-9-3-5-11(7-12(9)14)20(18,19)15-8-10-4-6-13(17)16-10/h3,5,7,10,15H,2,4,6,8,14H2,1H3,(H,16,17). The number of sulfonamides is 1. The summed E-state index contributed by atoms with van der Waals surface area (Å²) >= 11 is 0. The topological polar surface area (TPSA) is 101 Å². The molecule has 0 aliphatic carbocycles. The number of aryl methyl sites for hydroxylation is 1. The number of carbonyl (C=O) groups is 1. The van der Waals surface area contributed by atoms with Gasteiger partial charge in [-0.25, -0.2) is 13.1 Å². The number of hydrogen-bond donors (Lipinski definition) is 3. The van der Waals surface area contributed by atoms with E-state index in [-0.39, 0.29) is 23.4 Å². The molecule has 1 aromatic carbocycles. The third-order valence-corrected chi connectivity index (χ3v) is 4.83. The second kappa shape index (κ2) is 5.80. The number of amides is 1. The minimum atomic E-state index is -3.59. The summed E-state index contributed by atoms with van der Waals surface area (Å²) in [6.07, 6.45) is 1.86. The Labute approximate surface area is 118 Å². The van der Waals surface area contributed by atoms with Crippen LogP contribution in [0.3, 0.4) is 0 Å². The van der Waals surface area contributed by atoms with E-state index in [4.69, 9.17) is 5.73 Å². The van der Waals surface area contributed by atoms with Crippen molar-refractivity contribution in [3.05, 3.63) is 23.8 Å². The molecule has 4 N–H and O–H groups in total. The molecule has 7 heteroatoms. The van der Waals surface area contributed by atoms with Crippen LogP contribution in [0, 0.1) is 0 Å². The summed E-state index contributed by atoms with van der Waals surface area (Å²) in [7, 11) is -3.59. The highest BCUT2D eigenvalue weighted by Crippen LogP contribution is 2.18. The Morgan fingerprint density at radius 2 is 2.20 bits per heavy atom. The van der Waals surface area contributed by atoms with Crippen LogP contribution in [-0.2, 0) is 21.2 Å². The van der Waals surface area contributed by atoms with Gasteiger partial charge in [-0.15, -0.1) is 0 Å². The molecule has 1 saturated heterocycles. The lowest BCUT2D eigenvalue weighted by Gasteiger charge is -2.13. The average molecular weight is 297 g/mol. The molecule has 1 aromatic rings. The van der Waals surface area contributed by atoms with Gasteiger partial charge in [-0.3, -0.25) is 4.79 Å². The molecule has 2 rings (SSSR count). The van der Waals surface area contributed by atoms with Gasteiger partial charge in [-0.1, -0.05) is 13.0 Å². The van der Waals surface area contributed by atoms with E-state index >= 15 is 0 Å². The molecule has 0 bridgehead atoms. The van der Waals surface area contributed by atoms with Crippen molar-refractivity contribution in [2.45, 2.75) is 37.1 Å². The molecule has 0 saturated carbocycles. The van der Waals surface area contributed by atoms with E-state index in [0.717, 1.165) is 12.0 Å². The lowest BCUT2D eigenvalue weighted by atomic mass is 10.1. The van der Waals surface area contributed by atoms with Crippen LogP contribution in [0.2, 0.25) is 0 Å². The number of nitrogens with two attached hydrogens (primary N) is 1. The molecule has 6 nitrogen and oxygen atoms in total. The Morgan fingerprint density at radius 1 is 1.45 bits per heavy atom. The third kappa shape index (κ3) is 3.29. The number of nitrogens with one attached hydrogen (secondary N) is 2. The zero-order valence-electron chi connectivity index (χ0n) is 11.3. The van der Waals surface area contributed by atoms with E-state index in [0.29, 0.717) is 18.5 Å². The third-order valence-electron chi connectivity index (χ3n) is 3.41. The Kier molecular flexibility index (Phi) is 4.29. The second-order valence-electron chi connectivity index (χ2n) is 4.87. The summed E-state index contributed by atoms with van der Waals surface area (Å²) in [4.78, 5) is 11.2. The predicted octanol–water partition coefficient (Wildman–Crippen LogP) is 0.388. The van der Waals surface area contributed by atoms with Gasteiger partial charge in [-0.2, -0.15) is 0 Å². The Morgan fingerprint density at radius 3 is 2.75 bits per heavy atom. The summed E-state index contributed by atoms with van der Waals surface area (Å²) in [6, 6.07) is 4.60. The maximum atomic E-state index is 12.1. The van der Waals surface area contributed by atoms with Crippen LogP contribution in [-0.4, -0.2) is 26.9 Å². The lowest BCUT2D eigenvalue weighted by Crippen LogP contribution is -2.38. The smallest absolute Gasteiger partial charge is 0.240 e. The summed E-state index contributed by atoms with van der Waals surface area (Å²) in [5.41, 5.74) is 7.22. The van der Waals surface area contributed by atoms with E-state index in [9.17, 15) is 13.2 Å². The summed E-state index contributed by atoms with van der Waals surface area (Å²) in [5, 5.41) is 2.72.